The van der Waals surface area contributed by atoms with Crippen LogP contribution < -0.4 is 0 Å². The first kappa shape index (κ1) is 27.4. The lowest BCUT2D eigenvalue weighted by Gasteiger charge is -2.49. The lowest BCUT2D eigenvalue weighted by Crippen LogP contribution is -2.42. The lowest BCUT2D eigenvalue weighted by molar-refractivity contribution is -0.135. The van der Waals surface area contributed by atoms with Crippen molar-refractivity contribution in [3.63, 3.8) is 0 Å². The Morgan fingerprint density at radius 3 is 1.48 bits per heavy atom. The monoisotopic (exact) mass is 472 g/mol. The number of ether oxygens (including phenoxy) is 2. The van der Waals surface area contributed by atoms with E-state index in [9.17, 15) is 9.59 Å². The molecule has 3 aliphatic rings. The van der Waals surface area contributed by atoms with Gasteiger partial charge in [0.15, 0.2) is 5.79 Å². The fourth-order valence-corrected chi connectivity index (χ4v) is 12.1. The van der Waals surface area contributed by atoms with Gasteiger partial charge >= 0.3 is 0 Å². The minimum Gasteiger partial charge on any atom is -0.348 e. The second kappa shape index (κ2) is 9.05. The molecule has 0 saturated carbocycles. The topological polar surface area (TPSA) is 52.6 Å². The number of hydrogen-bond acceptors (Lipinski definition) is 4. The Kier molecular flexibility index (Phi) is 7.99. The quantitative estimate of drug-likeness (QED) is 0.427. The average Bonchev–Trinajstić information content (AvgIpc) is 2.86. The van der Waals surface area contributed by atoms with Crippen molar-refractivity contribution >= 4 is 27.4 Å². The summed E-state index contributed by atoms with van der Waals surface area (Å²) in [6.07, 6.45) is 4.26. The zero-order chi connectivity index (χ0) is 24.0. The normalized spacial score (nSPS) is 31.8. The Labute approximate surface area is 193 Å². The Morgan fingerprint density at radius 1 is 0.742 bits per heavy atom. The van der Waals surface area contributed by atoms with Crippen LogP contribution in [0.25, 0.3) is 0 Å². The van der Waals surface area contributed by atoms with Crippen molar-refractivity contribution < 1.29 is 19.1 Å². The lowest BCUT2D eigenvalue weighted by atomic mass is 9.96. The van der Waals surface area contributed by atoms with E-state index >= 15 is 0 Å². The van der Waals surface area contributed by atoms with Crippen LogP contribution in [0.3, 0.4) is 0 Å². The van der Waals surface area contributed by atoms with Crippen LogP contribution in [0.1, 0.15) is 94.9 Å². The summed E-state index contributed by atoms with van der Waals surface area (Å²) >= 11 is 0. The van der Waals surface area contributed by atoms with Gasteiger partial charge in [-0.2, -0.15) is 0 Å². The van der Waals surface area contributed by atoms with Crippen LogP contribution in [0.4, 0.5) is 0 Å². The Bertz CT molecular complexity index is 654. The van der Waals surface area contributed by atoms with Crippen molar-refractivity contribution in [2.45, 2.75) is 127 Å². The zero-order valence-corrected chi connectivity index (χ0v) is 23.6. The molecule has 1 atom stereocenters. The molecule has 3 heterocycles. The van der Waals surface area contributed by atoms with Gasteiger partial charge in [0.2, 0.25) is 0 Å². The predicted octanol–water partition coefficient (Wildman–Crippen LogP) is 6.56. The van der Waals surface area contributed by atoms with Gasteiger partial charge in [0.05, 0.1) is 12.7 Å². The van der Waals surface area contributed by atoms with Crippen LogP contribution in [0.15, 0.2) is 0 Å². The molecule has 0 amide bonds. The third kappa shape index (κ3) is 6.81. The molecule has 3 aliphatic heterocycles. The highest BCUT2D eigenvalue weighted by atomic mass is 31.1. The van der Waals surface area contributed by atoms with Gasteiger partial charge in [0.1, 0.15) is 11.6 Å². The van der Waals surface area contributed by atoms with E-state index in [0.717, 1.165) is 31.8 Å². The summed E-state index contributed by atoms with van der Waals surface area (Å²) < 4.78 is 11.6. The van der Waals surface area contributed by atoms with Crippen LogP contribution in [0, 0.1) is 0 Å². The first-order chi connectivity index (χ1) is 13.8. The molecule has 0 aromatic rings. The molecule has 0 aromatic carbocycles. The second-order valence-electron chi connectivity index (χ2n) is 12.7. The molecule has 0 bridgehead atoms. The molecule has 4 nitrogen and oxygen atoms in total. The van der Waals surface area contributed by atoms with E-state index in [4.69, 9.17) is 9.47 Å². The molecular weight excluding hydrogens is 426 g/mol. The molecule has 31 heavy (non-hydrogen) atoms. The average molecular weight is 473 g/mol. The summed E-state index contributed by atoms with van der Waals surface area (Å²) in [5.74, 6) is 0.420. The van der Waals surface area contributed by atoms with Crippen molar-refractivity contribution in [1.29, 1.82) is 0 Å². The maximum absolute atomic E-state index is 11.9. The third-order valence-electron chi connectivity index (χ3n) is 7.25. The van der Waals surface area contributed by atoms with Crippen molar-refractivity contribution in [3.05, 3.63) is 0 Å². The largest absolute Gasteiger partial charge is 0.348 e. The van der Waals surface area contributed by atoms with Crippen LogP contribution in [-0.4, -0.2) is 63.5 Å². The number of hydrogen-bond donors (Lipinski definition) is 0. The summed E-state index contributed by atoms with van der Waals surface area (Å²) in [5.41, 5.74) is 0. The van der Waals surface area contributed by atoms with Gasteiger partial charge in [-0.15, -0.1) is 0 Å². The highest BCUT2D eigenvalue weighted by molar-refractivity contribution is 7.61. The van der Waals surface area contributed by atoms with E-state index in [1.165, 1.54) is 0 Å². The Balaban J connectivity index is 0.000000245. The summed E-state index contributed by atoms with van der Waals surface area (Å²) in [5, 5.41) is 0.747. The number of carbonyl (C=O) groups excluding carboxylic acids is 2. The molecule has 3 fully saturated rings. The van der Waals surface area contributed by atoms with Crippen molar-refractivity contribution in [3.8, 4) is 0 Å². The van der Waals surface area contributed by atoms with E-state index in [-0.39, 0.29) is 42.6 Å². The second-order valence-corrected chi connectivity index (χ2v) is 19.8. The summed E-state index contributed by atoms with van der Waals surface area (Å²) in [4.78, 5) is 23.4. The summed E-state index contributed by atoms with van der Waals surface area (Å²) in [6.45, 7) is 24.9. The molecule has 3 rings (SSSR count). The van der Waals surface area contributed by atoms with E-state index in [1.54, 1.807) is 0 Å². The van der Waals surface area contributed by atoms with Crippen LogP contribution >= 0.6 is 15.8 Å². The first-order valence-electron chi connectivity index (χ1n) is 11.6. The van der Waals surface area contributed by atoms with Crippen LogP contribution in [0.2, 0.25) is 0 Å². The standard InChI is InChI=1S/C15H27O3P.C10H19OP/c1-13(2)7-11(16)8-14(3,4)19(13)10-12-9-17-15(5,6)18-12;1-9(2)6-8(11)7-10(3,4)12(9)5/h12H,7-10H2,1-6H3;6-7H2,1-5H3. The fraction of sp³-hybridized carbons (Fsp3) is 0.920. The van der Waals surface area contributed by atoms with Gasteiger partial charge in [-0.25, -0.2) is 0 Å². The molecule has 3 saturated heterocycles. The van der Waals surface area contributed by atoms with Gasteiger partial charge in [0.25, 0.3) is 0 Å². The van der Waals surface area contributed by atoms with Gasteiger partial charge in [-0.1, -0.05) is 71.2 Å². The highest BCUT2D eigenvalue weighted by Crippen LogP contribution is 2.65. The maximum atomic E-state index is 11.9. The van der Waals surface area contributed by atoms with Gasteiger partial charge in [-0.3, -0.25) is 9.59 Å². The van der Waals surface area contributed by atoms with Crippen molar-refractivity contribution in [1.82, 2.24) is 0 Å². The van der Waals surface area contributed by atoms with Crippen molar-refractivity contribution in [2.24, 2.45) is 0 Å². The molecular formula is C25H46O4P2. The molecule has 0 N–H and O–H groups in total. The zero-order valence-electron chi connectivity index (χ0n) is 21.8. The van der Waals surface area contributed by atoms with E-state index in [2.05, 4.69) is 62.1 Å². The number of rotatable bonds is 2. The van der Waals surface area contributed by atoms with E-state index in [0.29, 0.717) is 18.2 Å². The SMILES string of the molecule is CC1(C)OCC(CP2C(C)(C)CC(=O)CC2(C)C)O1.CP1C(C)(C)CC(=O)CC1(C)C. The predicted molar refractivity (Wildman–Crippen MR) is 134 cm³/mol. The van der Waals surface area contributed by atoms with Gasteiger partial charge in [-0.05, 0) is 47.3 Å². The van der Waals surface area contributed by atoms with Crippen molar-refractivity contribution in [2.75, 3.05) is 19.4 Å². The molecule has 6 heteroatoms. The van der Waals surface area contributed by atoms with Crippen LogP contribution in [0.5, 0.6) is 0 Å². The minimum atomic E-state index is -0.445. The summed E-state index contributed by atoms with van der Waals surface area (Å²) in [7, 11) is -0.289. The Hall–Kier alpha value is 0.120. The molecule has 0 radical (unpaired) electrons. The van der Waals surface area contributed by atoms with Crippen LogP contribution in [-0.2, 0) is 19.1 Å². The first-order valence-corrected chi connectivity index (χ1v) is 15.0. The summed E-state index contributed by atoms with van der Waals surface area (Å²) in [6, 6.07) is 0. The Morgan fingerprint density at radius 2 is 1.13 bits per heavy atom. The highest BCUT2D eigenvalue weighted by Gasteiger charge is 2.48. The molecule has 0 aromatic heterocycles. The number of Topliss-reactive ketones (excluding diaryl/α,β-unsaturated/α-hetero) is 2. The van der Waals surface area contributed by atoms with Gasteiger partial charge < -0.3 is 9.47 Å². The van der Waals surface area contributed by atoms with E-state index < -0.39 is 5.79 Å². The molecule has 0 aliphatic carbocycles. The minimum absolute atomic E-state index is 0.0256. The molecule has 180 valence electrons. The number of carbonyl (C=O) groups is 2. The third-order valence-corrected chi connectivity index (χ3v) is 15.2. The maximum Gasteiger partial charge on any atom is 0.163 e. The van der Waals surface area contributed by atoms with E-state index in [1.807, 2.05) is 13.8 Å². The fourth-order valence-electron chi connectivity index (χ4n) is 5.67. The number of ketones is 2. The van der Waals surface area contributed by atoms with Gasteiger partial charge in [0, 0.05) is 25.7 Å². The molecule has 0 spiro atoms. The molecule has 1 unspecified atom stereocenters. The smallest absolute Gasteiger partial charge is 0.163 e.